The molecule has 21 nitrogen and oxygen atoms in total. The number of cyclic esters (lactones) is 1. The number of methoxy groups -OCH3 is 3. The van der Waals surface area contributed by atoms with E-state index in [1.54, 1.807) is 44.4 Å². The second kappa shape index (κ2) is 32.5. The molecular formula is C77H110N2O19Si2. The van der Waals surface area contributed by atoms with Crippen LogP contribution in [0.1, 0.15) is 163 Å². The average molecular weight is 1420 g/mol. The molecule has 550 valence electrons. The summed E-state index contributed by atoms with van der Waals surface area (Å²) in [5.74, 6) is -9.33. The number of phenolic OH excluding ortho intramolecular Hbond substituents is 1. The Morgan fingerprint density at radius 1 is 0.770 bits per heavy atom. The van der Waals surface area contributed by atoms with Crippen molar-refractivity contribution in [2.75, 3.05) is 34.5 Å². The number of benzene rings is 3. The second-order valence-electron chi connectivity index (χ2n) is 31.6. The van der Waals surface area contributed by atoms with Crippen LogP contribution in [0.2, 0.25) is 36.3 Å². The number of rotatable bonds is 16. The van der Waals surface area contributed by atoms with Gasteiger partial charge in [0.1, 0.15) is 35.3 Å². The van der Waals surface area contributed by atoms with Gasteiger partial charge in [0.2, 0.25) is 5.79 Å². The lowest BCUT2D eigenvalue weighted by atomic mass is 9.81. The molecule has 3 fully saturated rings. The number of fused-ring (bicyclic) bond motifs is 5. The molecule has 2 bridgehead atoms. The fourth-order valence-electron chi connectivity index (χ4n) is 14.5. The summed E-state index contributed by atoms with van der Waals surface area (Å²) >= 11 is 0. The van der Waals surface area contributed by atoms with Crippen molar-refractivity contribution in [3.63, 3.8) is 0 Å². The van der Waals surface area contributed by atoms with Gasteiger partial charge < -0.3 is 67.2 Å². The number of nitrogens with one attached hydrogen (secondary N) is 1. The molecule has 23 heteroatoms. The minimum absolute atomic E-state index is 0.00631. The fraction of sp³-hybridized carbons (Fsp3) is 0.623. The van der Waals surface area contributed by atoms with Gasteiger partial charge in [-0.25, -0.2) is 14.4 Å². The lowest BCUT2D eigenvalue weighted by Gasteiger charge is -2.47. The van der Waals surface area contributed by atoms with E-state index in [1.807, 2.05) is 33.8 Å². The van der Waals surface area contributed by atoms with Crippen LogP contribution in [0.15, 0.2) is 87.1 Å². The van der Waals surface area contributed by atoms with Crippen LogP contribution in [0.4, 0.5) is 4.79 Å². The summed E-state index contributed by atoms with van der Waals surface area (Å²) in [6, 6.07) is 12.4. The van der Waals surface area contributed by atoms with Crippen molar-refractivity contribution in [2.45, 2.75) is 244 Å². The third kappa shape index (κ3) is 18.0. The van der Waals surface area contributed by atoms with Gasteiger partial charge >= 0.3 is 18.0 Å². The quantitative estimate of drug-likeness (QED) is 0.0267. The molecule has 2 aromatic rings. The smallest absolute Gasteiger partial charge is 0.407 e. The topological polar surface area (TPSA) is 282 Å². The highest BCUT2D eigenvalue weighted by atomic mass is 28.4. The minimum atomic E-state index is -2.81. The Morgan fingerprint density at radius 2 is 1.42 bits per heavy atom. The largest absolute Gasteiger partial charge is 0.507 e. The molecule has 2 amide bonds. The van der Waals surface area contributed by atoms with Gasteiger partial charge in [-0.05, 0) is 166 Å². The number of aromatic carboxylic acids is 1. The Labute approximate surface area is 592 Å². The number of aliphatic hydroxyl groups is 1. The highest BCUT2D eigenvalue weighted by molar-refractivity contribution is 6.74. The molecule has 2 unspecified atom stereocenters. The molecule has 1 saturated carbocycles. The summed E-state index contributed by atoms with van der Waals surface area (Å²) in [6.45, 7) is 30.5. The fourth-order valence-corrected chi connectivity index (χ4v) is 17.3. The molecule has 0 spiro atoms. The molecule has 100 heavy (non-hydrogen) atoms. The van der Waals surface area contributed by atoms with E-state index < -0.39 is 101 Å². The lowest BCUT2D eigenvalue weighted by molar-refractivity contribution is -0.302. The normalized spacial score (nSPS) is 28.6. The second-order valence-corrected chi connectivity index (χ2v) is 41.2. The first-order valence-corrected chi connectivity index (χ1v) is 41.4. The van der Waals surface area contributed by atoms with Gasteiger partial charge in [-0.15, -0.1) is 0 Å². The van der Waals surface area contributed by atoms with E-state index >= 15 is 9.59 Å². The number of ether oxygens (including phenoxy) is 6. The molecule has 0 radical (unpaired) electrons. The summed E-state index contributed by atoms with van der Waals surface area (Å²) in [6.07, 6.45) is 2.50. The number of carboxylic acid groups (broad SMARTS) is 1. The van der Waals surface area contributed by atoms with E-state index in [1.165, 1.54) is 43.4 Å². The number of alkyl carbamates (subject to hydrolysis) is 1. The molecule has 0 aromatic heterocycles. The van der Waals surface area contributed by atoms with Crippen LogP contribution in [-0.2, 0) is 63.0 Å². The van der Waals surface area contributed by atoms with Gasteiger partial charge in [-0.2, -0.15) is 0 Å². The van der Waals surface area contributed by atoms with E-state index in [-0.39, 0.29) is 125 Å². The summed E-state index contributed by atoms with van der Waals surface area (Å²) < 4.78 is 58.2. The Balaban J connectivity index is 1.17. The van der Waals surface area contributed by atoms with Crippen LogP contribution in [0, 0.1) is 29.6 Å². The number of carbonyl (C=O) groups is 6. The van der Waals surface area contributed by atoms with E-state index in [2.05, 4.69) is 79.1 Å². The number of hydrogen-bond acceptors (Lipinski definition) is 18. The van der Waals surface area contributed by atoms with Crippen molar-refractivity contribution in [2.24, 2.45) is 29.6 Å². The Kier molecular flexibility index (Phi) is 25.8. The molecule has 14 atom stereocenters. The van der Waals surface area contributed by atoms with Crippen molar-refractivity contribution in [1.29, 1.82) is 0 Å². The van der Waals surface area contributed by atoms with Crippen LogP contribution in [0.25, 0.3) is 33.4 Å². The van der Waals surface area contributed by atoms with Gasteiger partial charge in [0.15, 0.2) is 27.8 Å². The van der Waals surface area contributed by atoms with Crippen LogP contribution < -0.4 is 10.7 Å². The number of piperidine rings is 1. The van der Waals surface area contributed by atoms with Crippen molar-refractivity contribution in [1.82, 2.24) is 10.2 Å². The molecule has 2 saturated heterocycles. The minimum Gasteiger partial charge on any atom is -0.507 e. The molecule has 8 rings (SSSR count). The van der Waals surface area contributed by atoms with Crippen molar-refractivity contribution in [3.8, 4) is 28.2 Å². The molecule has 4 N–H and O–H groups in total. The molecule has 2 aliphatic carbocycles. The zero-order chi connectivity index (χ0) is 73.7. The number of amides is 2. The number of aromatic hydroxyl groups is 1. The number of allylic oxidation sites excluding steroid dienone is 2. The molecule has 4 heterocycles. The van der Waals surface area contributed by atoms with Gasteiger partial charge in [0, 0.05) is 75.1 Å². The third-order valence-corrected chi connectivity index (χ3v) is 31.3. The van der Waals surface area contributed by atoms with Gasteiger partial charge in [-0.3, -0.25) is 19.2 Å². The number of hydrogen-bond donors (Lipinski definition) is 4. The number of Topliss-reactive ketones (excluding diaryl/α,β-unsaturated/α-hetero) is 2. The maximum absolute atomic E-state index is 15.7. The van der Waals surface area contributed by atoms with Gasteiger partial charge in [0.05, 0.1) is 54.8 Å². The van der Waals surface area contributed by atoms with Crippen molar-refractivity contribution in [3.05, 3.63) is 99.2 Å². The highest BCUT2D eigenvalue weighted by Gasteiger charge is 2.57. The Morgan fingerprint density at radius 3 is 2.07 bits per heavy atom. The molecular weight excluding hydrogens is 1310 g/mol. The average Bonchev–Trinajstić information content (AvgIpc) is 0.745. The number of phenols is 1. The third-order valence-electron chi connectivity index (χ3n) is 22.3. The standard InChI is InChI=1S/C77H110N2O19Si2/c1-44-35-45(2)37-64(91-13)69-65(92-14)39-47(4)77(89,96-69)70(83)71(84)79-33-22-21-25-57(79)73(87)95-67(46(3)38-49-26-31-60(63(40-49)90-12)97-99(15,16)75(6,7)8)48(5)61(98-100(17,18)76(9,10)11)42-59(82)50(36-44)32-34-93-74(88)78-43-56-58(81)30-29-55-66(52-23-19-20-24-53(52)72(85)86)54-28-27-51(80)41-62(54)94-68(55)56/h19-20,23-24,27-30,36,38,41,44-45,47-49,57,60-61,63-65,67,69,81,89H,21-22,25-26,31-35,37,39-40,42-43H2,1-18H3,(H,78,88)(H,85,86)/t44?,45-,47+,48+,49-,57?,60+,61-,63+,64-,65-,67+,69+,77+/m0/s1. The molecule has 4 aliphatic heterocycles. The molecule has 2 aromatic carbocycles. The maximum atomic E-state index is 15.7. The van der Waals surface area contributed by atoms with Crippen LogP contribution >= 0.6 is 0 Å². The van der Waals surface area contributed by atoms with E-state index in [9.17, 15) is 39.3 Å². The first-order valence-electron chi connectivity index (χ1n) is 35.6. The Bertz CT molecular complexity index is 3700. The van der Waals surface area contributed by atoms with Crippen LogP contribution in [-0.4, -0.2) is 161 Å². The monoisotopic (exact) mass is 1420 g/mol. The summed E-state index contributed by atoms with van der Waals surface area (Å²) in [7, 11) is -0.282. The van der Waals surface area contributed by atoms with E-state index in [0.717, 1.165) is 12.8 Å². The number of esters is 1. The number of ketones is 2. The maximum Gasteiger partial charge on any atom is 0.407 e. The summed E-state index contributed by atoms with van der Waals surface area (Å²) in [4.78, 5) is 101. The van der Waals surface area contributed by atoms with Gasteiger partial charge in [-0.1, -0.05) is 99.6 Å². The first kappa shape index (κ1) is 79.3. The zero-order valence-corrected chi connectivity index (χ0v) is 64.1. The summed E-state index contributed by atoms with van der Waals surface area (Å²) in [5, 5.41) is 37.0. The number of carbonyl (C=O) groups excluding carboxylic acids is 5. The van der Waals surface area contributed by atoms with E-state index in [4.69, 9.17) is 41.7 Å². The molecule has 6 aliphatic rings. The van der Waals surface area contributed by atoms with Crippen LogP contribution in [0.5, 0.6) is 5.75 Å². The van der Waals surface area contributed by atoms with E-state index in [0.29, 0.717) is 65.3 Å². The van der Waals surface area contributed by atoms with Gasteiger partial charge in [0.25, 0.3) is 11.7 Å². The highest BCUT2D eigenvalue weighted by Crippen LogP contribution is 2.47. The SMILES string of the molecule is CO[C@H]1C[C@@H](C)CC(C)C=C(CCOC(=O)NCc2c(O)ccc3c(-c4ccccc4C(=O)O)c4ccc(=O)cc-4oc23)C(=O)C[C@H](O[Si](C)(C)C(C)(C)C)[C@@H](C)[C@@H](C(C)=C[C@@H]2CC[C@@H](O[Si](C)(C)C(C)(C)C)[C@H](OC)C2)OC(=O)C2CCCCN2C(=O)C(=O)[C@]2(O)O[C@H]1[C@@H](OC)C[C@H]2C. The zero-order valence-electron chi connectivity index (χ0n) is 62.1. The van der Waals surface area contributed by atoms with Crippen LogP contribution in [0.3, 0.4) is 0 Å². The van der Waals surface area contributed by atoms with Crippen molar-refractivity contribution < 1.29 is 85.8 Å². The Hall–Kier alpha value is -6.42. The predicted octanol–water partition coefficient (Wildman–Crippen LogP) is 13.7. The predicted molar refractivity (Wildman–Crippen MR) is 386 cm³/mol. The summed E-state index contributed by atoms with van der Waals surface area (Å²) in [5.41, 5.74) is 2.12. The first-order chi connectivity index (χ1) is 46.8. The number of carboxylic acids is 1. The van der Waals surface area contributed by atoms with Crippen molar-refractivity contribution >= 4 is 63.1 Å². The lowest BCUT2D eigenvalue weighted by Crippen LogP contribution is -2.64. The number of nitrogens with zero attached hydrogens (tertiary/aromatic N) is 1.